The SMILES string of the molecule is C[C@H](Cn1cnc2c(N)ccnc21)OCP(=O)(NC(C)(C)C(=O)OCC1CCCCCC1)NC(C)(C)C(=O)OCC1CCCCCC1. The smallest absolute Gasteiger partial charge is 0.326 e. The molecule has 0 aliphatic heterocycles. The van der Waals surface area contributed by atoms with Crippen molar-refractivity contribution in [2.75, 3.05) is 25.3 Å². The molecular weight excluding hydrogens is 619 g/mol. The molecule has 2 aliphatic rings. The number of carbonyl (C=O) groups excluding carboxylic acids is 2. The zero-order valence-electron chi connectivity index (χ0n) is 29.1. The number of ether oxygens (including phenoxy) is 3. The highest BCUT2D eigenvalue weighted by atomic mass is 31.2. The van der Waals surface area contributed by atoms with Crippen molar-refractivity contribution in [2.24, 2.45) is 11.8 Å². The number of pyridine rings is 1. The molecule has 2 saturated carbocycles. The predicted octanol–water partition coefficient (Wildman–Crippen LogP) is 6.33. The van der Waals surface area contributed by atoms with Gasteiger partial charge >= 0.3 is 11.9 Å². The fraction of sp³-hybridized carbons (Fsp3) is 0.765. The van der Waals surface area contributed by atoms with Crippen LogP contribution in [0.4, 0.5) is 5.69 Å². The van der Waals surface area contributed by atoms with Crippen molar-refractivity contribution in [1.29, 1.82) is 0 Å². The van der Waals surface area contributed by atoms with Crippen molar-refractivity contribution >= 4 is 36.2 Å². The average molecular weight is 677 g/mol. The number of anilines is 1. The van der Waals surface area contributed by atoms with E-state index >= 15 is 0 Å². The maximum absolute atomic E-state index is 14.7. The molecule has 0 bridgehead atoms. The number of nitrogens with two attached hydrogens (primary N) is 1. The van der Waals surface area contributed by atoms with Crippen molar-refractivity contribution in [3.63, 3.8) is 0 Å². The van der Waals surface area contributed by atoms with Gasteiger partial charge in [0.2, 0.25) is 7.44 Å². The van der Waals surface area contributed by atoms with Gasteiger partial charge in [0.05, 0.1) is 37.9 Å². The maximum atomic E-state index is 14.7. The van der Waals surface area contributed by atoms with Crippen LogP contribution in [0.15, 0.2) is 18.6 Å². The second-order valence-corrected chi connectivity index (χ2v) is 16.9. The minimum absolute atomic E-state index is 0.297. The third kappa shape index (κ3) is 11.0. The summed E-state index contributed by atoms with van der Waals surface area (Å²) >= 11 is 0. The summed E-state index contributed by atoms with van der Waals surface area (Å²) < 4.78 is 34.2. The average Bonchev–Trinajstić information content (AvgIpc) is 3.18. The van der Waals surface area contributed by atoms with E-state index in [0.29, 0.717) is 48.4 Å². The van der Waals surface area contributed by atoms with Crippen LogP contribution in [0.25, 0.3) is 11.2 Å². The molecule has 47 heavy (non-hydrogen) atoms. The zero-order chi connectivity index (χ0) is 34.1. The van der Waals surface area contributed by atoms with Crippen molar-refractivity contribution in [1.82, 2.24) is 24.7 Å². The van der Waals surface area contributed by atoms with Crippen molar-refractivity contribution in [3.05, 3.63) is 18.6 Å². The topological polar surface area (TPSA) is 160 Å². The van der Waals surface area contributed by atoms with Crippen LogP contribution >= 0.6 is 7.44 Å². The molecular formula is C34H57N6O6P. The summed E-state index contributed by atoms with van der Waals surface area (Å²) in [5.41, 5.74) is 5.13. The van der Waals surface area contributed by atoms with Gasteiger partial charge in [-0.1, -0.05) is 51.4 Å². The fourth-order valence-corrected chi connectivity index (χ4v) is 9.21. The van der Waals surface area contributed by atoms with E-state index in [1.54, 1.807) is 46.3 Å². The first-order valence-electron chi connectivity index (χ1n) is 17.5. The normalized spacial score (nSPS) is 18.4. The van der Waals surface area contributed by atoms with E-state index in [1.165, 1.54) is 25.7 Å². The van der Waals surface area contributed by atoms with E-state index in [2.05, 4.69) is 20.1 Å². The van der Waals surface area contributed by atoms with Crippen LogP contribution < -0.4 is 15.9 Å². The van der Waals surface area contributed by atoms with Crippen LogP contribution in [-0.2, 0) is 34.9 Å². The first kappa shape index (κ1) is 37.3. The van der Waals surface area contributed by atoms with Gasteiger partial charge in [-0.25, -0.2) is 20.1 Å². The minimum atomic E-state index is -3.78. The summed E-state index contributed by atoms with van der Waals surface area (Å²) in [6, 6.07) is 1.69. The van der Waals surface area contributed by atoms with Gasteiger partial charge in [0.15, 0.2) is 5.65 Å². The molecule has 4 N–H and O–H groups in total. The molecule has 12 nitrogen and oxygen atoms in total. The molecule has 0 radical (unpaired) electrons. The van der Waals surface area contributed by atoms with E-state index in [9.17, 15) is 14.2 Å². The number of nitrogens with zero attached hydrogens (tertiary/aromatic N) is 3. The molecule has 0 saturated heterocycles. The Morgan fingerprint density at radius 3 is 1.87 bits per heavy atom. The molecule has 1 atom stereocenters. The Bertz CT molecular complexity index is 1310. The Kier molecular flexibility index (Phi) is 13.3. The number of nitrogen functional groups attached to an aromatic ring is 1. The number of rotatable bonds is 15. The lowest BCUT2D eigenvalue weighted by Crippen LogP contribution is -2.54. The lowest BCUT2D eigenvalue weighted by atomic mass is 10.0. The molecule has 2 aromatic rings. The van der Waals surface area contributed by atoms with Gasteiger partial charge in [0.1, 0.15) is 22.9 Å². The molecule has 0 spiro atoms. The Balaban J connectivity index is 1.44. The van der Waals surface area contributed by atoms with E-state index in [1.807, 2.05) is 11.5 Å². The summed E-state index contributed by atoms with van der Waals surface area (Å²) in [5.74, 6) is -0.339. The molecule has 2 fully saturated rings. The Morgan fingerprint density at radius 1 is 0.894 bits per heavy atom. The molecule has 264 valence electrons. The highest BCUT2D eigenvalue weighted by molar-refractivity contribution is 7.59. The number of imidazole rings is 1. The number of aromatic nitrogens is 3. The zero-order valence-corrected chi connectivity index (χ0v) is 30.0. The van der Waals surface area contributed by atoms with Crippen molar-refractivity contribution in [2.45, 2.75) is 135 Å². The fourth-order valence-electron chi connectivity index (χ4n) is 6.57. The largest absolute Gasteiger partial charge is 0.464 e. The number of hydrogen-bond acceptors (Lipinski definition) is 9. The van der Waals surface area contributed by atoms with E-state index in [0.717, 1.165) is 51.4 Å². The number of nitrogens with one attached hydrogen (secondary N) is 2. The van der Waals surface area contributed by atoms with Crippen LogP contribution in [0.5, 0.6) is 0 Å². The summed E-state index contributed by atoms with van der Waals surface area (Å²) in [6.07, 6.45) is 16.1. The summed E-state index contributed by atoms with van der Waals surface area (Å²) in [5, 5.41) is 6.07. The highest BCUT2D eigenvalue weighted by Crippen LogP contribution is 2.42. The summed E-state index contributed by atoms with van der Waals surface area (Å²) in [4.78, 5) is 35.5. The first-order chi connectivity index (χ1) is 22.3. The Labute approximate surface area is 280 Å². The summed E-state index contributed by atoms with van der Waals surface area (Å²) in [7, 11) is -3.78. The van der Waals surface area contributed by atoms with Crippen LogP contribution in [0.3, 0.4) is 0 Å². The second kappa shape index (κ2) is 16.7. The summed E-state index contributed by atoms with van der Waals surface area (Å²) in [6.45, 7) is 9.47. The van der Waals surface area contributed by atoms with E-state index in [4.69, 9.17) is 19.9 Å². The number of hydrogen-bond donors (Lipinski definition) is 3. The molecule has 2 heterocycles. The number of esters is 2. The highest BCUT2D eigenvalue weighted by Gasteiger charge is 2.43. The maximum Gasteiger partial charge on any atom is 0.326 e. The lowest BCUT2D eigenvalue weighted by Gasteiger charge is -2.36. The molecule has 0 unspecified atom stereocenters. The third-order valence-electron chi connectivity index (χ3n) is 9.32. The van der Waals surface area contributed by atoms with Crippen molar-refractivity contribution < 1.29 is 28.4 Å². The monoisotopic (exact) mass is 676 g/mol. The van der Waals surface area contributed by atoms with Gasteiger partial charge in [-0.2, -0.15) is 0 Å². The Morgan fingerprint density at radius 2 is 1.38 bits per heavy atom. The molecule has 0 aromatic carbocycles. The second-order valence-electron chi connectivity index (χ2n) is 14.7. The Hall–Kier alpha value is -2.53. The minimum Gasteiger partial charge on any atom is -0.464 e. The molecule has 2 aliphatic carbocycles. The molecule has 4 rings (SSSR count). The predicted molar refractivity (Wildman–Crippen MR) is 184 cm³/mol. The van der Waals surface area contributed by atoms with Gasteiger partial charge in [-0.05, 0) is 78.2 Å². The van der Waals surface area contributed by atoms with Gasteiger partial charge in [-0.3, -0.25) is 14.2 Å². The lowest BCUT2D eigenvalue weighted by molar-refractivity contribution is -0.151. The molecule has 0 amide bonds. The third-order valence-corrected chi connectivity index (χ3v) is 11.7. The first-order valence-corrected chi connectivity index (χ1v) is 19.4. The van der Waals surface area contributed by atoms with Gasteiger partial charge in [-0.15, -0.1) is 0 Å². The van der Waals surface area contributed by atoms with Gasteiger partial charge < -0.3 is 24.5 Å². The standard InChI is InChI=1S/C34H57N6O6P/c1-25(20-40-23-37-29-28(35)18-19-36-30(29)40)46-24-47(43,38-33(2,3)31(41)44-21-26-14-10-6-7-11-15-26)39-34(4,5)32(42)45-22-27-16-12-8-9-13-17-27/h18-19,23,25-27H,6-17,20-22,24H2,1-5H3,(H2,35,36)(H2,38,39,43)/t25-/m1/s1. The van der Waals surface area contributed by atoms with Gasteiger partial charge in [0, 0.05) is 6.20 Å². The van der Waals surface area contributed by atoms with E-state index in [-0.39, 0.29) is 6.35 Å². The van der Waals surface area contributed by atoms with E-state index < -0.39 is 36.6 Å². The number of fused-ring (bicyclic) bond motifs is 1. The van der Waals surface area contributed by atoms with Crippen LogP contribution in [0, 0.1) is 11.8 Å². The molecule has 2 aromatic heterocycles. The van der Waals surface area contributed by atoms with Crippen LogP contribution in [0.2, 0.25) is 0 Å². The quantitative estimate of drug-likeness (QED) is 0.110. The molecule has 13 heteroatoms. The van der Waals surface area contributed by atoms with Crippen LogP contribution in [0.1, 0.15) is 112 Å². The van der Waals surface area contributed by atoms with Crippen LogP contribution in [-0.4, -0.2) is 63.2 Å². The van der Waals surface area contributed by atoms with Gasteiger partial charge in [0.25, 0.3) is 0 Å². The number of carbonyl (C=O) groups is 2. The van der Waals surface area contributed by atoms with Crippen molar-refractivity contribution in [3.8, 4) is 0 Å².